The molecule has 4 nitrogen and oxygen atoms in total. The molecule has 0 atom stereocenters. The maximum atomic E-state index is 13.0. The average molecular weight is 404 g/mol. The van der Waals surface area contributed by atoms with Crippen LogP contribution in [0.4, 0.5) is 5.69 Å². The van der Waals surface area contributed by atoms with Crippen LogP contribution < -0.4 is 10.7 Å². The summed E-state index contributed by atoms with van der Waals surface area (Å²) in [6.45, 7) is 3.65. The summed E-state index contributed by atoms with van der Waals surface area (Å²) >= 11 is 6.24. The molecule has 0 aliphatic heterocycles. The normalized spacial score (nSPS) is 10.9. The van der Waals surface area contributed by atoms with Crippen LogP contribution in [0.5, 0.6) is 0 Å². The van der Waals surface area contributed by atoms with E-state index < -0.39 is 5.91 Å². The zero-order valence-corrected chi connectivity index (χ0v) is 16.7. The first-order valence-electron chi connectivity index (χ1n) is 9.15. The smallest absolute Gasteiger partial charge is 0.259 e. The average Bonchev–Trinajstić information content (AvgIpc) is 2.73. The molecule has 5 heteroatoms. The molecule has 4 aromatic rings. The van der Waals surface area contributed by atoms with Crippen LogP contribution in [0, 0.1) is 13.8 Å². The number of para-hydroxylation sites is 1. The molecule has 3 aromatic carbocycles. The molecule has 0 aliphatic carbocycles. The van der Waals surface area contributed by atoms with Crippen molar-refractivity contribution >= 4 is 34.2 Å². The van der Waals surface area contributed by atoms with Gasteiger partial charge in [0, 0.05) is 11.1 Å². The van der Waals surface area contributed by atoms with E-state index in [0.717, 1.165) is 11.1 Å². The second kappa shape index (κ2) is 7.57. The number of amides is 1. The van der Waals surface area contributed by atoms with Crippen LogP contribution in [0.1, 0.15) is 21.5 Å². The molecule has 29 heavy (non-hydrogen) atoms. The van der Waals surface area contributed by atoms with Crippen LogP contribution in [0.25, 0.3) is 22.3 Å². The van der Waals surface area contributed by atoms with E-state index >= 15 is 0 Å². The van der Waals surface area contributed by atoms with E-state index in [1.54, 1.807) is 37.3 Å². The number of fused-ring (bicyclic) bond motifs is 1. The Bertz CT molecular complexity index is 1290. The Hall–Kier alpha value is -3.37. The molecule has 1 aromatic heterocycles. The molecule has 0 spiro atoms. The predicted molar refractivity (Wildman–Crippen MR) is 117 cm³/mol. The largest absolute Gasteiger partial charge is 0.455 e. The third-order valence-corrected chi connectivity index (χ3v) is 5.11. The van der Waals surface area contributed by atoms with Gasteiger partial charge in [0.2, 0.25) is 0 Å². The summed E-state index contributed by atoms with van der Waals surface area (Å²) in [5.41, 5.74) is 3.14. The summed E-state index contributed by atoms with van der Waals surface area (Å²) in [7, 11) is 0. The first kappa shape index (κ1) is 19.0. The highest BCUT2D eigenvalue weighted by Gasteiger charge is 2.19. The number of carbonyl (C=O) groups excluding carboxylic acids is 1. The molecule has 0 saturated heterocycles. The number of anilines is 1. The van der Waals surface area contributed by atoms with Crippen molar-refractivity contribution in [1.29, 1.82) is 0 Å². The lowest BCUT2D eigenvalue weighted by Crippen LogP contribution is -2.15. The highest BCUT2D eigenvalue weighted by molar-refractivity contribution is 6.34. The number of carbonyl (C=O) groups is 1. The van der Waals surface area contributed by atoms with Crippen molar-refractivity contribution in [3.8, 4) is 11.3 Å². The van der Waals surface area contributed by atoms with Crippen LogP contribution >= 0.6 is 11.6 Å². The summed E-state index contributed by atoms with van der Waals surface area (Å²) in [6, 6.07) is 19.7. The minimum atomic E-state index is -0.396. The van der Waals surface area contributed by atoms with Crippen molar-refractivity contribution < 1.29 is 9.21 Å². The van der Waals surface area contributed by atoms with Crippen LogP contribution in [-0.2, 0) is 0 Å². The van der Waals surface area contributed by atoms with Crippen LogP contribution in [0.3, 0.4) is 0 Å². The van der Waals surface area contributed by atoms with Gasteiger partial charge >= 0.3 is 0 Å². The minimum Gasteiger partial charge on any atom is -0.455 e. The fourth-order valence-electron chi connectivity index (χ4n) is 3.26. The quantitative estimate of drug-likeness (QED) is 0.457. The van der Waals surface area contributed by atoms with Gasteiger partial charge in [-0.3, -0.25) is 9.59 Å². The summed E-state index contributed by atoms with van der Waals surface area (Å²) in [4.78, 5) is 25.9. The Balaban J connectivity index is 1.86. The molecular weight excluding hydrogens is 386 g/mol. The monoisotopic (exact) mass is 403 g/mol. The summed E-state index contributed by atoms with van der Waals surface area (Å²) < 4.78 is 6.10. The van der Waals surface area contributed by atoms with E-state index in [4.69, 9.17) is 16.0 Å². The first-order chi connectivity index (χ1) is 14.0. The first-order valence-corrected chi connectivity index (χ1v) is 9.53. The molecule has 0 saturated carbocycles. The van der Waals surface area contributed by atoms with Gasteiger partial charge in [0.1, 0.15) is 5.76 Å². The topological polar surface area (TPSA) is 59.3 Å². The molecule has 0 bridgehead atoms. The number of hydrogen-bond donors (Lipinski definition) is 1. The Morgan fingerprint density at radius 3 is 2.45 bits per heavy atom. The zero-order chi connectivity index (χ0) is 20.5. The lowest BCUT2D eigenvalue weighted by atomic mass is 10.0. The van der Waals surface area contributed by atoms with E-state index in [1.807, 2.05) is 43.3 Å². The van der Waals surface area contributed by atoms with Gasteiger partial charge in [0.25, 0.3) is 5.91 Å². The fourth-order valence-corrected chi connectivity index (χ4v) is 3.55. The molecule has 4 rings (SSSR count). The van der Waals surface area contributed by atoms with Crippen molar-refractivity contribution in [3.05, 3.63) is 98.7 Å². The van der Waals surface area contributed by atoms with Crippen molar-refractivity contribution in [1.82, 2.24) is 0 Å². The van der Waals surface area contributed by atoms with Crippen LogP contribution in [0.2, 0.25) is 5.02 Å². The van der Waals surface area contributed by atoms with E-state index in [-0.39, 0.29) is 16.6 Å². The second-order valence-electron chi connectivity index (χ2n) is 6.87. The third kappa shape index (κ3) is 3.55. The summed E-state index contributed by atoms with van der Waals surface area (Å²) in [6.07, 6.45) is 0. The lowest BCUT2D eigenvalue weighted by Gasteiger charge is -2.11. The van der Waals surface area contributed by atoms with Crippen molar-refractivity contribution in [2.24, 2.45) is 0 Å². The number of benzene rings is 3. The Morgan fingerprint density at radius 2 is 1.72 bits per heavy atom. The van der Waals surface area contributed by atoms with Crippen LogP contribution in [0.15, 0.2) is 75.9 Å². The number of halogens is 1. The summed E-state index contributed by atoms with van der Waals surface area (Å²) in [5, 5.41) is 3.62. The van der Waals surface area contributed by atoms with E-state index in [1.165, 1.54) is 0 Å². The van der Waals surface area contributed by atoms with E-state index in [0.29, 0.717) is 27.4 Å². The molecule has 0 radical (unpaired) electrons. The van der Waals surface area contributed by atoms with Crippen molar-refractivity contribution in [2.75, 3.05) is 5.32 Å². The Morgan fingerprint density at radius 1 is 0.966 bits per heavy atom. The third-order valence-electron chi connectivity index (χ3n) is 4.80. The summed E-state index contributed by atoms with van der Waals surface area (Å²) in [5.74, 6) is 0.0593. The maximum absolute atomic E-state index is 13.0. The number of nitrogens with one attached hydrogen (secondary N) is 1. The van der Waals surface area contributed by atoms with Gasteiger partial charge in [-0.1, -0.05) is 54.1 Å². The van der Waals surface area contributed by atoms with Gasteiger partial charge < -0.3 is 9.73 Å². The van der Waals surface area contributed by atoms with Crippen molar-refractivity contribution in [2.45, 2.75) is 13.8 Å². The number of aryl methyl sites for hydroxylation is 1. The molecule has 1 N–H and O–H groups in total. The van der Waals surface area contributed by atoms with Crippen molar-refractivity contribution in [3.63, 3.8) is 0 Å². The van der Waals surface area contributed by atoms with E-state index in [9.17, 15) is 9.59 Å². The minimum absolute atomic E-state index is 0.159. The van der Waals surface area contributed by atoms with Crippen LogP contribution in [-0.4, -0.2) is 5.91 Å². The van der Waals surface area contributed by atoms with Gasteiger partial charge in [-0.15, -0.1) is 0 Å². The van der Waals surface area contributed by atoms with Gasteiger partial charge in [-0.25, -0.2) is 0 Å². The number of hydrogen-bond acceptors (Lipinski definition) is 3. The van der Waals surface area contributed by atoms with Gasteiger partial charge in [0.15, 0.2) is 11.0 Å². The Labute approximate surface area is 172 Å². The standard InChI is InChI=1S/C24H18ClNO3/c1-14-11-12-20(19(25)13-14)26-24(28)18-10-6-9-17-21(27)15(2)22(29-23(17)18)16-7-4-3-5-8-16/h3-13H,1-2H3,(H,26,28). The van der Waals surface area contributed by atoms with Gasteiger partial charge in [-0.2, -0.15) is 0 Å². The molecule has 0 fully saturated rings. The molecule has 0 aliphatic rings. The molecule has 0 unspecified atom stereocenters. The van der Waals surface area contributed by atoms with E-state index in [2.05, 4.69) is 5.32 Å². The SMILES string of the molecule is Cc1ccc(NC(=O)c2cccc3c(=O)c(C)c(-c4ccccc4)oc23)c(Cl)c1. The molecule has 1 amide bonds. The highest BCUT2D eigenvalue weighted by atomic mass is 35.5. The molecular formula is C24H18ClNO3. The highest BCUT2D eigenvalue weighted by Crippen LogP contribution is 2.28. The van der Waals surface area contributed by atoms with Gasteiger partial charge in [-0.05, 0) is 43.7 Å². The second-order valence-corrected chi connectivity index (χ2v) is 7.28. The molecule has 144 valence electrons. The molecule has 1 heterocycles. The fraction of sp³-hybridized carbons (Fsp3) is 0.0833. The zero-order valence-electron chi connectivity index (χ0n) is 16.0. The Kier molecular flexibility index (Phi) is 4.95. The number of rotatable bonds is 3. The lowest BCUT2D eigenvalue weighted by molar-refractivity contribution is 0.102. The van der Waals surface area contributed by atoms with Gasteiger partial charge in [0.05, 0.1) is 21.7 Å². The maximum Gasteiger partial charge on any atom is 0.259 e. The predicted octanol–water partition coefficient (Wildman–Crippen LogP) is 5.98.